The molecule has 1 fully saturated rings. The Morgan fingerprint density at radius 2 is 1.94 bits per heavy atom. The van der Waals surface area contributed by atoms with Crippen LogP contribution < -0.4 is 15.0 Å². The lowest BCUT2D eigenvalue weighted by molar-refractivity contribution is -0.121. The molecule has 32 heavy (non-hydrogen) atoms. The van der Waals surface area contributed by atoms with Crippen molar-refractivity contribution in [2.24, 2.45) is 0 Å². The lowest BCUT2D eigenvalue weighted by atomic mass is 10.2. The topological polar surface area (TPSA) is 85.2 Å². The van der Waals surface area contributed by atoms with Crippen LogP contribution in [0.4, 0.5) is 14.5 Å². The molecule has 1 aliphatic rings. The van der Waals surface area contributed by atoms with E-state index in [1.54, 1.807) is 18.2 Å². The second-order valence-corrected chi connectivity index (χ2v) is 7.52. The Kier molecular flexibility index (Phi) is 6.88. The fourth-order valence-electron chi connectivity index (χ4n) is 3.73. The van der Waals surface area contributed by atoms with Gasteiger partial charge in [-0.25, -0.2) is 0 Å². The molecule has 3 aromatic rings. The number of amides is 1. The van der Waals surface area contributed by atoms with Gasteiger partial charge >= 0.3 is 6.61 Å². The third-order valence-electron chi connectivity index (χ3n) is 5.22. The maximum Gasteiger partial charge on any atom is 0.387 e. The van der Waals surface area contributed by atoms with Gasteiger partial charge < -0.3 is 15.0 Å². The van der Waals surface area contributed by atoms with Gasteiger partial charge in [0.2, 0.25) is 11.7 Å². The summed E-state index contributed by atoms with van der Waals surface area (Å²) in [5.74, 6) is 0.638. The molecule has 1 amide bonds. The number of nitrogens with zero attached hydrogens (tertiary/aromatic N) is 5. The second kappa shape index (κ2) is 10.2. The Hall–Kier alpha value is -3.56. The van der Waals surface area contributed by atoms with E-state index in [1.807, 2.05) is 35.2 Å². The molecule has 0 radical (unpaired) electrons. The number of anilines is 1. The van der Waals surface area contributed by atoms with Crippen LogP contribution in [-0.2, 0) is 11.3 Å². The Morgan fingerprint density at radius 3 is 2.75 bits per heavy atom. The fourth-order valence-corrected chi connectivity index (χ4v) is 3.73. The minimum atomic E-state index is -2.88. The molecule has 1 aromatic heterocycles. The van der Waals surface area contributed by atoms with E-state index in [2.05, 4.69) is 25.5 Å². The van der Waals surface area contributed by atoms with Gasteiger partial charge in [-0.2, -0.15) is 13.6 Å². The van der Waals surface area contributed by atoms with Crippen LogP contribution in [0.3, 0.4) is 0 Å². The molecule has 2 aromatic carbocycles. The standard InChI is InChI=1S/C22H24F2N6O2/c23-22(24)32-19-10-5-4-9-18(19)29-14-12-17(15-29)25-20(31)11-6-13-30-27-21(26-28-30)16-7-2-1-3-8-16/h1-5,7-10,17,22H,6,11-15H2,(H,25,31). The predicted molar refractivity (Wildman–Crippen MR) is 114 cm³/mol. The van der Waals surface area contributed by atoms with Crippen LogP contribution in [0.1, 0.15) is 19.3 Å². The van der Waals surface area contributed by atoms with Gasteiger partial charge in [0, 0.05) is 31.1 Å². The van der Waals surface area contributed by atoms with E-state index >= 15 is 0 Å². The molecule has 8 nitrogen and oxygen atoms in total. The minimum Gasteiger partial charge on any atom is -0.433 e. The number of alkyl halides is 2. The number of aryl methyl sites for hydroxylation is 1. The number of aromatic nitrogens is 4. The summed E-state index contributed by atoms with van der Waals surface area (Å²) in [6, 6.07) is 16.2. The largest absolute Gasteiger partial charge is 0.433 e. The van der Waals surface area contributed by atoms with Gasteiger partial charge in [0.05, 0.1) is 12.2 Å². The summed E-state index contributed by atoms with van der Waals surface area (Å²) >= 11 is 0. The first kappa shape index (κ1) is 21.7. The van der Waals surface area contributed by atoms with Crippen molar-refractivity contribution < 1.29 is 18.3 Å². The van der Waals surface area contributed by atoms with Gasteiger partial charge in [-0.15, -0.1) is 10.2 Å². The third kappa shape index (κ3) is 5.57. The number of ether oxygens (including phenoxy) is 1. The lowest BCUT2D eigenvalue weighted by Gasteiger charge is -2.22. The normalized spacial score (nSPS) is 15.8. The average Bonchev–Trinajstić information content (AvgIpc) is 3.44. The third-order valence-corrected chi connectivity index (χ3v) is 5.22. The Bertz CT molecular complexity index is 1030. The van der Waals surface area contributed by atoms with E-state index in [9.17, 15) is 13.6 Å². The number of carbonyl (C=O) groups is 1. The lowest BCUT2D eigenvalue weighted by Crippen LogP contribution is -2.37. The van der Waals surface area contributed by atoms with Crippen LogP contribution >= 0.6 is 0 Å². The Morgan fingerprint density at radius 1 is 1.16 bits per heavy atom. The second-order valence-electron chi connectivity index (χ2n) is 7.52. The first-order chi connectivity index (χ1) is 15.6. The van der Waals surface area contributed by atoms with Crippen molar-refractivity contribution in [1.82, 2.24) is 25.5 Å². The van der Waals surface area contributed by atoms with E-state index in [-0.39, 0.29) is 17.7 Å². The average molecular weight is 442 g/mol. The van der Waals surface area contributed by atoms with Gasteiger partial charge in [0.15, 0.2) is 0 Å². The van der Waals surface area contributed by atoms with Gasteiger partial charge in [-0.1, -0.05) is 42.5 Å². The molecule has 0 bridgehead atoms. The monoisotopic (exact) mass is 442 g/mol. The zero-order valence-electron chi connectivity index (χ0n) is 17.4. The van der Waals surface area contributed by atoms with Gasteiger partial charge in [0.1, 0.15) is 5.75 Å². The molecule has 168 valence electrons. The number of rotatable bonds is 9. The van der Waals surface area contributed by atoms with Crippen molar-refractivity contribution >= 4 is 11.6 Å². The molecule has 4 rings (SSSR count). The molecule has 1 unspecified atom stereocenters. The van der Waals surface area contributed by atoms with E-state index in [4.69, 9.17) is 0 Å². The summed E-state index contributed by atoms with van der Waals surface area (Å²) < 4.78 is 29.9. The highest BCUT2D eigenvalue weighted by molar-refractivity contribution is 5.76. The van der Waals surface area contributed by atoms with Crippen LogP contribution in [0.15, 0.2) is 54.6 Å². The summed E-state index contributed by atoms with van der Waals surface area (Å²) in [5, 5.41) is 15.4. The number of tetrazole rings is 1. The maximum absolute atomic E-state index is 12.7. The SMILES string of the molecule is O=C(CCCn1nnc(-c2ccccc2)n1)NC1CCN(c2ccccc2OC(F)F)C1. The van der Waals surface area contributed by atoms with Crippen molar-refractivity contribution in [1.29, 1.82) is 0 Å². The number of hydrogen-bond acceptors (Lipinski definition) is 6. The van der Waals surface area contributed by atoms with Crippen LogP contribution in [0.25, 0.3) is 11.4 Å². The molecule has 1 saturated heterocycles. The zero-order valence-corrected chi connectivity index (χ0v) is 17.4. The van der Waals surface area contributed by atoms with Crippen LogP contribution in [0, 0.1) is 0 Å². The summed E-state index contributed by atoms with van der Waals surface area (Å²) in [6.45, 7) is -1.19. The van der Waals surface area contributed by atoms with E-state index < -0.39 is 6.61 Å². The van der Waals surface area contributed by atoms with Crippen molar-refractivity contribution in [3.63, 3.8) is 0 Å². The van der Waals surface area contributed by atoms with Crippen LogP contribution in [-0.4, -0.2) is 51.9 Å². The van der Waals surface area contributed by atoms with Gasteiger partial charge in [-0.3, -0.25) is 4.79 Å². The van der Waals surface area contributed by atoms with Crippen LogP contribution in [0.2, 0.25) is 0 Å². The summed E-state index contributed by atoms with van der Waals surface area (Å²) in [5.41, 5.74) is 1.50. The highest BCUT2D eigenvalue weighted by Crippen LogP contribution is 2.31. The number of para-hydroxylation sites is 2. The number of hydrogen-bond donors (Lipinski definition) is 1. The Labute approximate surface area is 184 Å². The number of benzene rings is 2. The number of carbonyl (C=O) groups excluding carboxylic acids is 1. The molecule has 0 saturated carbocycles. The van der Waals surface area contributed by atoms with E-state index in [1.165, 1.54) is 10.9 Å². The van der Waals surface area contributed by atoms with Crippen molar-refractivity contribution in [2.45, 2.75) is 38.5 Å². The molecular formula is C22H24F2N6O2. The molecule has 1 N–H and O–H groups in total. The first-order valence-corrected chi connectivity index (χ1v) is 10.5. The highest BCUT2D eigenvalue weighted by Gasteiger charge is 2.26. The number of nitrogens with one attached hydrogen (secondary N) is 1. The molecule has 2 heterocycles. The molecular weight excluding hydrogens is 418 g/mol. The van der Waals surface area contributed by atoms with Crippen molar-refractivity contribution in [3.8, 4) is 17.1 Å². The zero-order chi connectivity index (χ0) is 22.3. The number of halogens is 2. The Balaban J connectivity index is 1.22. The smallest absolute Gasteiger partial charge is 0.387 e. The summed E-state index contributed by atoms with van der Waals surface area (Å²) in [4.78, 5) is 15.8. The molecule has 1 atom stereocenters. The molecule has 1 aliphatic heterocycles. The maximum atomic E-state index is 12.7. The fraction of sp³-hybridized carbons (Fsp3) is 0.364. The van der Waals surface area contributed by atoms with E-state index in [0.717, 1.165) is 12.0 Å². The van der Waals surface area contributed by atoms with E-state index in [0.29, 0.717) is 44.0 Å². The molecule has 10 heteroatoms. The molecule has 0 spiro atoms. The van der Waals surface area contributed by atoms with Crippen molar-refractivity contribution in [3.05, 3.63) is 54.6 Å². The highest BCUT2D eigenvalue weighted by atomic mass is 19.3. The van der Waals surface area contributed by atoms with Gasteiger partial charge in [0.25, 0.3) is 0 Å². The summed E-state index contributed by atoms with van der Waals surface area (Å²) in [7, 11) is 0. The van der Waals surface area contributed by atoms with Crippen LogP contribution in [0.5, 0.6) is 5.75 Å². The van der Waals surface area contributed by atoms with Crippen molar-refractivity contribution in [2.75, 3.05) is 18.0 Å². The predicted octanol–water partition coefficient (Wildman–Crippen LogP) is 3.12. The minimum absolute atomic E-state index is 0.0451. The first-order valence-electron chi connectivity index (χ1n) is 10.5. The summed E-state index contributed by atoms with van der Waals surface area (Å²) in [6.07, 6.45) is 1.65. The quantitative estimate of drug-likeness (QED) is 0.548. The van der Waals surface area contributed by atoms with Gasteiger partial charge in [-0.05, 0) is 30.2 Å². The molecule has 0 aliphatic carbocycles.